The molecule has 6 heteroatoms. The Morgan fingerprint density at radius 3 is 2.55 bits per heavy atom. The van der Waals surface area contributed by atoms with Crippen molar-refractivity contribution in [3.63, 3.8) is 0 Å². The van der Waals surface area contributed by atoms with Crippen molar-refractivity contribution in [1.29, 1.82) is 0 Å². The summed E-state index contributed by atoms with van der Waals surface area (Å²) in [6, 6.07) is 8.17. The van der Waals surface area contributed by atoms with Gasteiger partial charge in [0.15, 0.2) is 0 Å². The smallest absolute Gasteiger partial charge is 0.251 e. The lowest BCUT2D eigenvalue weighted by molar-refractivity contribution is 0.0942. The Labute approximate surface area is 185 Å². The summed E-state index contributed by atoms with van der Waals surface area (Å²) in [6.45, 7) is 2.73. The summed E-state index contributed by atoms with van der Waals surface area (Å²) in [5, 5.41) is 6.75. The number of nitrogens with one attached hydrogen (secondary N) is 2. The normalized spacial score (nSPS) is 20.6. The molecule has 0 atom stereocenters. The first-order chi connectivity index (χ1) is 15.0. The number of aryl methyl sites for hydroxylation is 2. The molecule has 0 aliphatic heterocycles. The summed E-state index contributed by atoms with van der Waals surface area (Å²) in [5.74, 6) is 2.42. The van der Waals surface area contributed by atoms with Crippen LogP contribution in [-0.2, 0) is 12.8 Å². The molecular formula is C25H35N5O. The van der Waals surface area contributed by atoms with Gasteiger partial charge in [0.1, 0.15) is 5.82 Å². The summed E-state index contributed by atoms with van der Waals surface area (Å²) in [6.07, 6.45) is 8.98. The third-order valence-electron chi connectivity index (χ3n) is 6.71. The molecule has 2 aromatic rings. The topological polar surface area (TPSA) is 70.2 Å². The molecule has 0 radical (unpaired) electrons. The van der Waals surface area contributed by atoms with Crippen molar-refractivity contribution in [3.05, 3.63) is 46.6 Å². The fourth-order valence-corrected chi connectivity index (χ4v) is 4.86. The zero-order valence-corrected chi connectivity index (χ0v) is 19.1. The van der Waals surface area contributed by atoms with Gasteiger partial charge in [-0.05, 0) is 75.8 Å². The van der Waals surface area contributed by atoms with E-state index < -0.39 is 0 Å². The van der Waals surface area contributed by atoms with Crippen LogP contribution in [0.1, 0.15) is 65.7 Å². The van der Waals surface area contributed by atoms with Crippen LogP contribution in [0.4, 0.5) is 11.8 Å². The first-order valence-electron chi connectivity index (χ1n) is 11.7. The van der Waals surface area contributed by atoms with Gasteiger partial charge in [-0.25, -0.2) is 4.98 Å². The van der Waals surface area contributed by atoms with Crippen LogP contribution in [0.15, 0.2) is 24.3 Å². The monoisotopic (exact) mass is 421 g/mol. The van der Waals surface area contributed by atoms with Crippen molar-refractivity contribution in [2.75, 3.05) is 30.9 Å². The molecule has 0 saturated heterocycles. The highest BCUT2D eigenvalue weighted by Crippen LogP contribution is 2.30. The maximum absolute atomic E-state index is 12.5. The third kappa shape index (κ3) is 5.17. The highest BCUT2D eigenvalue weighted by atomic mass is 16.1. The molecule has 2 aliphatic rings. The number of benzene rings is 1. The van der Waals surface area contributed by atoms with Crippen molar-refractivity contribution in [2.24, 2.45) is 5.92 Å². The van der Waals surface area contributed by atoms with Crippen molar-refractivity contribution in [2.45, 2.75) is 64.3 Å². The van der Waals surface area contributed by atoms with Crippen LogP contribution in [0.2, 0.25) is 0 Å². The van der Waals surface area contributed by atoms with Gasteiger partial charge >= 0.3 is 0 Å². The molecule has 1 saturated carbocycles. The van der Waals surface area contributed by atoms with Gasteiger partial charge < -0.3 is 15.5 Å². The fourth-order valence-electron chi connectivity index (χ4n) is 4.86. The second kappa shape index (κ2) is 9.67. The fraction of sp³-hybridized carbons (Fsp3) is 0.560. The van der Waals surface area contributed by atoms with Crippen LogP contribution < -0.4 is 15.5 Å². The van der Waals surface area contributed by atoms with E-state index >= 15 is 0 Å². The zero-order chi connectivity index (χ0) is 21.8. The maximum Gasteiger partial charge on any atom is 0.251 e. The molecule has 166 valence electrons. The van der Waals surface area contributed by atoms with Gasteiger partial charge in [-0.1, -0.05) is 18.2 Å². The van der Waals surface area contributed by atoms with Crippen molar-refractivity contribution in [3.8, 4) is 0 Å². The number of anilines is 2. The second-order valence-corrected chi connectivity index (χ2v) is 9.28. The summed E-state index contributed by atoms with van der Waals surface area (Å²) in [5.41, 5.74) is 4.35. The minimum Gasteiger partial charge on any atom is -0.362 e. The minimum atomic E-state index is 0.0389. The van der Waals surface area contributed by atoms with Gasteiger partial charge in [0.05, 0.1) is 5.69 Å². The lowest BCUT2D eigenvalue weighted by Gasteiger charge is -2.30. The number of rotatable bonds is 6. The molecule has 6 nitrogen and oxygen atoms in total. The van der Waals surface area contributed by atoms with E-state index in [1.807, 2.05) is 31.2 Å². The highest BCUT2D eigenvalue weighted by Gasteiger charge is 2.24. The summed E-state index contributed by atoms with van der Waals surface area (Å²) < 4.78 is 0. The molecule has 0 unspecified atom stereocenters. The van der Waals surface area contributed by atoms with E-state index in [0.717, 1.165) is 68.0 Å². The van der Waals surface area contributed by atoms with Crippen LogP contribution in [0.3, 0.4) is 0 Å². The van der Waals surface area contributed by atoms with Gasteiger partial charge in [-0.3, -0.25) is 4.79 Å². The molecule has 1 aromatic carbocycles. The summed E-state index contributed by atoms with van der Waals surface area (Å²) in [4.78, 5) is 24.3. The molecule has 1 aromatic heterocycles. The lowest BCUT2D eigenvalue weighted by atomic mass is 9.86. The first kappa shape index (κ1) is 21.6. The number of amides is 1. The van der Waals surface area contributed by atoms with E-state index in [1.165, 1.54) is 24.1 Å². The van der Waals surface area contributed by atoms with Crippen molar-refractivity contribution in [1.82, 2.24) is 15.3 Å². The number of carbonyl (C=O) groups excluding carboxylic acids is 1. The second-order valence-electron chi connectivity index (χ2n) is 9.28. The summed E-state index contributed by atoms with van der Waals surface area (Å²) in [7, 11) is 4.13. The minimum absolute atomic E-state index is 0.0389. The van der Waals surface area contributed by atoms with E-state index in [4.69, 9.17) is 9.97 Å². The molecular weight excluding hydrogens is 386 g/mol. The Bertz CT molecular complexity index is 918. The average Bonchev–Trinajstić information content (AvgIpc) is 2.78. The number of fused-ring (bicyclic) bond motifs is 1. The molecule has 0 bridgehead atoms. The molecule has 4 rings (SSSR count). The third-order valence-corrected chi connectivity index (χ3v) is 6.71. The van der Waals surface area contributed by atoms with Crippen LogP contribution in [0.25, 0.3) is 0 Å². The van der Waals surface area contributed by atoms with Crippen molar-refractivity contribution >= 4 is 17.7 Å². The van der Waals surface area contributed by atoms with Crippen LogP contribution in [-0.4, -0.2) is 42.6 Å². The van der Waals surface area contributed by atoms with E-state index in [1.54, 1.807) is 0 Å². The standard InChI is InChI=1S/C25H35N5O/c1-17-8-4-5-9-20(17)24(31)26-16-18-12-14-19(15-13-18)27-25-28-22-11-7-6-10-21(22)23(29-25)30(2)3/h4-5,8-9,18-19H,6-7,10-16H2,1-3H3,(H,26,31)(H,27,28,29). The Balaban J connectivity index is 1.30. The first-order valence-corrected chi connectivity index (χ1v) is 11.7. The van der Waals surface area contributed by atoms with Crippen LogP contribution >= 0.6 is 0 Å². The largest absolute Gasteiger partial charge is 0.362 e. The van der Waals surface area contributed by atoms with Gasteiger partial charge in [0.25, 0.3) is 5.91 Å². The number of aromatic nitrogens is 2. The maximum atomic E-state index is 12.5. The molecule has 1 heterocycles. The van der Waals surface area contributed by atoms with Gasteiger partial charge in [0, 0.05) is 37.8 Å². The quantitative estimate of drug-likeness (QED) is 0.734. The molecule has 2 aliphatic carbocycles. The predicted octanol–water partition coefficient (Wildman–Crippen LogP) is 4.13. The number of hydrogen-bond donors (Lipinski definition) is 2. The van der Waals surface area contributed by atoms with E-state index in [9.17, 15) is 4.79 Å². The van der Waals surface area contributed by atoms with Crippen LogP contribution in [0, 0.1) is 12.8 Å². The SMILES string of the molecule is Cc1ccccc1C(=O)NCC1CCC(Nc2nc3c(c(N(C)C)n2)CCCC3)CC1. The highest BCUT2D eigenvalue weighted by molar-refractivity contribution is 5.95. The number of hydrogen-bond acceptors (Lipinski definition) is 5. The molecule has 1 fully saturated rings. The average molecular weight is 422 g/mol. The Hall–Kier alpha value is -2.63. The van der Waals surface area contributed by atoms with Gasteiger partial charge in [-0.15, -0.1) is 0 Å². The Morgan fingerprint density at radius 1 is 1.06 bits per heavy atom. The number of nitrogens with zero attached hydrogens (tertiary/aromatic N) is 3. The Morgan fingerprint density at radius 2 is 1.81 bits per heavy atom. The summed E-state index contributed by atoms with van der Waals surface area (Å²) >= 11 is 0. The zero-order valence-electron chi connectivity index (χ0n) is 19.1. The predicted molar refractivity (Wildman–Crippen MR) is 126 cm³/mol. The lowest BCUT2D eigenvalue weighted by Crippen LogP contribution is -2.34. The van der Waals surface area contributed by atoms with Crippen molar-refractivity contribution < 1.29 is 4.79 Å². The van der Waals surface area contributed by atoms with E-state index in [-0.39, 0.29) is 5.91 Å². The van der Waals surface area contributed by atoms with Gasteiger partial charge in [0.2, 0.25) is 5.95 Å². The Kier molecular flexibility index (Phi) is 6.73. The van der Waals surface area contributed by atoms with Gasteiger partial charge in [-0.2, -0.15) is 4.98 Å². The molecule has 31 heavy (non-hydrogen) atoms. The molecule has 0 spiro atoms. The molecule has 1 amide bonds. The number of carbonyl (C=O) groups is 1. The molecule has 2 N–H and O–H groups in total. The van der Waals surface area contributed by atoms with E-state index in [2.05, 4.69) is 29.6 Å². The van der Waals surface area contributed by atoms with Crippen LogP contribution in [0.5, 0.6) is 0 Å². The van der Waals surface area contributed by atoms with E-state index in [0.29, 0.717) is 12.0 Å².